The molecule has 7 nitrogen and oxygen atoms in total. The van der Waals surface area contributed by atoms with E-state index in [1.165, 1.54) is 83.5 Å². The van der Waals surface area contributed by atoms with Crippen LogP contribution in [0.25, 0.3) is 0 Å². The molecule has 0 saturated carbocycles. The molecule has 0 bridgehead atoms. The van der Waals surface area contributed by atoms with Crippen LogP contribution < -0.4 is 5.73 Å². The maximum absolute atomic E-state index is 9.85. The molecule has 1 saturated heterocycles. The molecule has 1 aliphatic heterocycles. The molecule has 1 fully saturated rings. The molecule has 2 heterocycles. The van der Waals surface area contributed by atoms with E-state index in [1.807, 2.05) is 10.9 Å². The number of aryl methyl sites for hydroxylation is 1. The first-order valence-electron chi connectivity index (χ1n) is 12.7. The minimum atomic E-state index is -0.656. The number of aliphatic hydroxyl groups is 1. The van der Waals surface area contributed by atoms with Gasteiger partial charge in [-0.15, -0.1) is 5.10 Å². The Morgan fingerprint density at radius 3 is 2.13 bits per heavy atom. The number of hydrogen-bond acceptors (Lipinski definition) is 6. The average Bonchev–Trinajstić information content (AvgIpc) is 3.35. The summed E-state index contributed by atoms with van der Waals surface area (Å²) < 4.78 is 12.9. The van der Waals surface area contributed by atoms with Gasteiger partial charge in [-0.1, -0.05) is 95.6 Å². The predicted molar refractivity (Wildman–Crippen MR) is 124 cm³/mol. The topological polar surface area (TPSA) is 95.4 Å². The molecule has 1 aromatic heterocycles. The third kappa shape index (κ3) is 11.4. The Morgan fingerprint density at radius 2 is 1.58 bits per heavy atom. The van der Waals surface area contributed by atoms with Crippen LogP contribution in [0.5, 0.6) is 0 Å². The fourth-order valence-corrected chi connectivity index (χ4v) is 4.12. The van der Waals surface area contributed by atoms with Crippen molar-refractivity contribution in [3.8, 4) is 0 Å². The Morgan fingerprint density at radius 1 is 1.00 bits per heavy atom. The maximum Gasteiger partial charge on any atom is 0.108 e. The summed E-state index contributed by atoms with van der Waals surface area (Å²) in [7, 11) is 0. The van der Waals surface area contributed by atoms with Crippen LogP contribution in [0.2, 0.25) is 0 Å². The van der Waals surface area contributed by atoms with Crippen molar-refractivity contribution in [1.29, 1.82) is 0 Å². The van der Waals surface area contributed by atoms with Crippen molar-refractivity contribution in [3.05, 3.63) is 11.9 Å². The van der Waals surface area contributed by atoms with E-state index in [4.69, 9.17) is 15.2 Å². The van der Waals surface area contributed by atoms with Crippen LogP contribution in [0.15, 0.2) is 6.20 Å². The van der Waals surface area contributed by atoms with Gasteiger partial charge in [0.15, 0.2) is 0 Å². The van der Waals surface area contributed by atoms with Gasteiger partial charge in [0.1, 0.15) is 11.8 Å². The molecule has 7 heteroatoms. The highest BCUT2D eigenvalue weighted by Gasteiger charge is 2.33. The molecule has 0 radical (unpaired) electrons. The zero-order chi connectivity index (χ0) is 22.2. The molecular weight excluding hydrogens is 392 g/mol. The molecule has 0 amide bonds. The number of nitrogens with zero attached hydrogens (tertiary/aromatic N) is 3. The molecule has 3 N–H and O–H groups in total. The van der Waals surface area contributed by atoms with Gasteiger partial charge < -0.3 is 20.3 Å². The smallest absolute Gasteiger partial charge is 0.108 e. The third-order valence-corrected chi connectivity index (χ3v) is 6.18. The second kappa shape index (κ2) is 16.6. The SMILES string of the molecule is CCCCCCCCCCCCCCCCn1cc(COC[C@@H]2OC[C@H](N)[C@@H]2O)nn1. The Kier molecular flexibility index (Phi) is 14.0. The molecule has 0 unspecified atom stereocenters. The van der Waals surface area contributed by atoms with E-state index in [9.17, 15) is 5.11 Å². The van der Waals surface area contributed by atoms with Crippen LogP contribution in [-0.2, 0) is 22.6 Å². The van der Waals surface area contributed by atoms with Gasteiger partial charge in [-0.25, -0.2) is 0 Å². The van der Waals surface area contributed by atoms with Crippen LogP contribution in [-0.4, -0.2) is 51.6 Å². The summed E-state index contributed by atoms with van der Waals surface area (Å²) in [6, 6.07) is -0.320. The monoisotopic (exact) mass is 438 g/mol. The molecule has 1 aliphatic rings. The molecule has 31 heavy (non-hydrogen) atoms. The second-order valence-corrected chi connectivity index (χ2v) is 9.11. The highest BCUT2D eigenvalue weighted by Crippen LogP contribution is 2.14. The van der Waals surface area contributed by atoms with Crippen molar-refractivity contribution in [2.24, 2.45) is 5.73 Å². The summed E-state index contributed by atoms with van der Waals surface area (Å²) in [5.74, 6) is 0. The summed E-state index contributed by atoms with van der Waals surface area (Å²) in [6.07, 6.45) is 20.1. The van der Waals surface area contributed by atoms with Gasteiger partial charge in [-0.3, -0.25) is 4.68 Å². The van der Waals surface area contributed by atoms with Gasteiger partial charge in [0.25, 0.3) is 0 Å². The minimum absolute atomic E-state index is 0.320. The van der Waals surface area contributed by atoms with Crippen LogP contribution in [0, 0.1) is 0 Å². The summed E-state index contributed by atoms with van der Waals surface area (Å²) >= 11 is 0. The van der Waals surface area contributed by atoms with Gasteiger partial charge in [0.2, 0.25) is 0 Å². The predicted octanol–water partition coefficient (Wildman–Crippen LogP) is 4.36. The largest absolute Gasteiger partial charge is 0.389 e. The number of nitrogens with two attached hydrogens (primary N) is 1. The van der Waals surface area contributed by atoms with Crippen molar-refractivity contribution in [1.82, 2.24) is 15.0 Å². The fourth-order valence-electron chi connectivity index (χ4n) is 4.12. The average molecular weight is 439 g/mol. The van der Waals surface area contributed by atoms with Crippen LogP contribution in [0.1, 0.15) is 103 Å². The van der Waals surface area contributed by atoms with E-state index in [0.717, 1.165) is 18.7 Å². The lowest BCUT2D eigenvalue weighted by molar-refractivity contribution is -0.0299. The summed E-state index contributed by atoms with van der Waals surface area (Å²) in [5.41, 5.74) is 6.53. The molecule has 0 aromatic carbocycles. The quantitative estimate of drug-likeness (QED) is 0.312. The van der Waals surface area contributed by atoms with E-state index in [-0.39, 0.29) is 12.1 Å². The van der Waals surface area contributed by atoms with Crippen molar-refractivity contribution in [2.75, 3.05) is 13.2 Å². The van der Waals surface area contributed by atoms with Crippen molar-refractivity contribution >= 4 is 0 Å². The van der Waals surface area contributed by atoms with Gasteiger partial charge >= 0.3 is 0 Å². The zero-order valence-corrected chi connectivity index (χ0v) is 19.7. The number of aliphatic hydroxyl groups excluding tert-OH is 1. The Labute approximate surface area is 189 Å². The standard InChI is InChI=1S/C24H46N4O3/c1-2-3-4-5-6-7-8-9-10-11-12-13-14-15-16-28-17-21(26-27-28)18-30-20-23-24(29)22(25)19-31-23/h17,22-24,29H,2-16,18-20,25H2,1H3/t22-,23-,24-/m0/s1. The fraction of sp³-hybridized carbons (Fsp3) is 0.917. The Hall–Kier alpha value is -1.02. The number of ether oxygens (including phenoxy) is 2. The summed E-state index contributed by atoms with van der Waals surface area (Å²) in [6.45, 7) is 4.26. The van der Waals surface area contributed by atoms with Crippen molar-refractivity contribution in [2.45, 2.75) is 128 Å². The lowest BCUT2D eigenvalue weighted by Gasteiger charge is -2.14. The van der Waals surface area contributed by atoms with Gasteiger partial charge in [-0.05, 0) is 6.42 Å². The first-order valence-corrected chi connectivity index (χ1v) is 12.7. The minimum Gasteiger partial charge on any atom is -0.389 e. The Balaban J connectivity index is 1.37. The van der Waals surface area contributed by atoms with Gasteiger partial charge in [-0.2, -0.15) is 0 Å². The summed E-state index contributed by atoms with van der Waals surface area (Å²) in [4.78, 5) is 0. The van der Waals surface area contributed by atoms with E-state index < -0.39 is 6.10 Å². The molecule has 3 atom stereocenters. The van der Waals surface area contributed by atoms with E-state index in [1.54, 1.807) is 0 Å². The van der Waals surface area contributed by atoms with Crippen LogP contribution in [0.4, 0.5) is 0 Å². The van der Waals surface area contributed by atoms with E-state index in [0.29, 0.717) is 19.8 Å². The van der Waals surface area contributed by atoms with Gasteiger partial charge in [0.05, 0.1) is 38.2 Å². The normalized spacial score (nSPS) is 21.2. The van der Waals surface area contributed by atoms with Crippen molar-refractivity contribution < 1.29 is 14.6 Å². The first kappa shape index (κ1) is 26.2. The van der Waals surface area contributed by atoms with E-state index >= 15 is 0 Å². The van der Waals surface area contributed by atoms with Crippen LogP contribution >= 0.6 is 0 Å². The van der Waals surface area contributed by atoms with Crippen molar-refractivity contribution in [3.63, 3.8) is 0 Å². The Bertz CT molecular complexity index is 555. The zero-order valence-electron chi connectivity index (χ0n) is 19.7. The summed E-state index contributed by atoms with van der Waals surface area (Å²) in [5, 5.41) is 18.2. The number of unbranched alkanes of at least 4 members (excludes halogenated alkanes) is 13. The highest BCUT2D eigenvalue weighted by atomic mass is 16.5. The van der Waals surface area contributed by atoms with Crippen LogP contribution in [0.3, 0.4) is 0 Å². The molecule has 180 valence electrons. The lowest BCUT2D eigenvalue weighted by Crippen LogP contribution is -2.38. The number of rotatable bonds is 19. The maximum atomic E-state index is 9.85. The third-order valence-electron chi connectivity index (χ3n) is 6.18. The molecule has 2 rings (SSSR count). The molecule has 1 aromatic rings. The second-order valence-electron chi connectivity index (χ2n) is 9.11. The molecule has 0 aliphatic carbocycles. The highest BCUT2D eigenvalue weighted by molar-refractivity contribution is 4.90. The molecular formula is C24H46N4O3. The lowest BCUT2D eigenvalue weighted by atomic mass is 10.0. The first-order chi connectivity index (χ1) is 15.2. The molecule has 0 spiro atoms. The number of hydrogen-bond donors (Lipinski definition) is 2. The van der Waals surface area contributed by atoms with Gasteiger partial charge in [0, 0.05) is 6.54 Å². The van der Waals surface area contributed by atoms with E-state index in [2.05, 4.69) is 17.2 Å². The number of aromatic nitrogens is 3.